The minimum absolute atomic E-state index is 0.0149. The molecule has 2 N–H and O–H groups in total. The van der Waals surface area contributed by atoms with Gasteiger partial charge in [-0.25, -0.2) is 0 Å². The molecule has 0 radical (unpaired) electrons. The highest BCUT2D eigenvalue weighted by molar-refractivity contribution is 5.72. The minimum Gasteiger partial charge on any atom is -0.507 e. The van der Waals surface area contributed by atoms with Crippen molar-refractivity contribution in [3.05, 3.63) is 28.8 Å². The predicted octanol–water partition coefficient (Wildman–Crippen LogP) is 1.45. The lowest BCUT2D eigenvalue weighted by molar-refractivity contribution is -0.136. The first kappa shape index (κ1) is 11.1. The van der Waals surface area contributed by atoms with Gasteiger partial charge in [0.15, 0.2) is 0 Å². The van der Waals surface area contributed by atoms with E-state index < -0.39 is 5.97 Å². The van der Waals surface area contributed by atoms with Crippen LogP contribution in [-0.2, 0) is 17.6 Å². The van der Waals surface area contributed by atoms with E-state index in [1.54, 1.807) is 6.07 Å². The highest BCUT2D eigenvalue weighted by atomic mass is 16.4. The highest BCUT2D eigenvalue weighted by Crippen LogP contribution is 2.25. The Morgan fingerprint density at radius 2 is 2.07 bits per heavy atom. The second-order valence-corrected chi connectivity index (χ2v) is 3.18. The van der Waals surface area contributed by atoms with Gasteiger partial charge in [0.1, 0.15) is 5.75 Å². The molecule has 0 aliphatic carbocycles. The summed E-state index contributed by atoms with van der Waals surface area (Å²) >= 11 is 0. The van der Waals surface area contributed by atoms with Crippen LogP contribution in [0.5, 0.6) is 5.75 Å². The van der Waals surface area contributed by atoms with E-state index in [1.807, 2.05) is 13.0 Å². The largest absolute Gasteiger partial charge is 0.507 e. The molecule has 4 heteroatoms. The maximum absolute atomic E-state index is 10.5. The lowest BCUT2D eigenvalue weighted by Crippen LogP contribution is -2.02. The van der Waals surface area contributed by atoms with E-state index in [-0.39, 0.29) is 12.2 Å². The Labute approximate surface area is 87.4 Å². The van der Waals surface area contributed by atoms with E-state index >= 15 is 0 Å². The van der Waals surface area contributed by atoms with Gasteiger partial charge in [0.25, 0.3) is 0 Å². The number of nitriles is 1. The minimum atomic E-state index is -1.03. The summed E-state index contributed by atoms with van der Waals surface area (Å²) in [6.07, 6.45) is 0.294. The molecule has 0 unspecified atom stereocenters. The normalized spacial score (nSPS) is 9.60. The van der Waals surface area contributed by atoms with E-state index in [2.05, 4.69) is 0 Å². The Balaban J connectivity index is 3.25. The lowest BCUT2D eigenvalue weighted by atomic mass is 10.0. The number of carboxylic acids is 1. The summed E-state index contributed by atoms with van der Waals surface area (Å²) in [5, 5.41) is 27.0. The maximum atomic E-state index is 10.5. The van der Waals surface area contributed by atoms with Crippen LogP contribution in [-0.4, -0.2) is 16.2 Å². The number of carbonyl (C=O) groups is 1. The van der Waals surface area contributed by atoms with Gasteiger partial charge >= 0.3 is 5.97 Å². The fraction of sp³-hybridized carbons (Fsp3) is 0.273. The zero-order valence-corrected chi connectivity index (χ0v) is 8.32. The number of nitrogens with zero attached hydrogens (tertiary/aromatic N) is 1. The van der Waals surface area contributed by atoms with E-state index in [9.17, 15) is 9.90 Å². The Morgan fingerprint density at radius 1 is 1.47 bits per heavy atom. The molecule has 15 heavy (non-hydrogen) atoms. The number of aryl methyl sites for hydroxylation is 1. The van der Waals surface area contributed by atoms with Crippen molar-refractivity contribution in [2.75, 3.05) is 0 Å². The molecule has 0 fully saturated rings. The highest BCUT2D eigenvalue weighted by Gasteiger charge is 2.11. The molecule has 0 atom stereocenters. The average molecular weight is 205 g/mol. The van der Waals surface area contributed by atoms with E-state index in [1.165, 1.54) is 6.07 Å². The number of hydrogen-bond acceptors (Lipinski definition) is 3. The van der Waals surface area contributed by atoms with Gasteiger partial charge in [-0.05, 0) is 24.1 Å². The van der Waals surface area contributed by atoms with Crippen molar-refractivity contribution in [1.82, 2.24) is 0 Å². The summed E-state index contributed by atoms with van der Waals surface area (Å²) in [7, 11) is 0. The molecule has 0 amide bonds. The van der Waals surface area contributed by atoms with Gasteiger partial charge in [0.05, 0.1) is 18.1 Å². The van der Waals surface area contributed by atoms with Gasteiger partial charge in [0, 0.05) is 5.56 Å². The number of phenolic OH excluding ortho intramolecular Hbond substituents is 1. The van der Waals surface area contributed by atoms with Crippen molar-refractivity contribution in [2.45, 2.75) is 19.8 Å². The summed E-state index contributed by atoms with van der Waals surface area (Å²) < 4.78 is 0. The Hall–Kier alpha value is -2.02. The van der Waals surface area contributed by atoms with Crippen molar-refractivity contribution in [1.29, 1.82) is 5.26 Å². The molecule has 0 aromatic heterocycles. The quantitative estimate of drug-likeness (QED) is 0.782. The average Bonchev–Trinajstić information content (AvgIpc) is 2.20. The first-order valence-corrected chi connectivity index (χ1v) is 4.55. The van der Waals surface area contributed by atoms with Crippen LogP contribution in [0.25, 0.3) is 0 Å². The van der Waals surface area contributed by atoms with Crippen molar-refractivity contribution in [2.24, 2.45) is 0 Å². The summed E-state index contributed by atoms with van der Waals surface area (Å²) in [5.41, 5.74) is 1.27. The fourth-order valence-corrected chi connectivity index (χ4v) is 1.39. The third-order valence-electron chi connectivity index (χ3n) is 2.12. The molecule has 0 spiro atoms. The molecule has 0 saturated heterocycles. The van der Waals surface area contributed by atoms with Crippen molar-refractivity contribution < 1.29 is 15.0 Å². The predicted molar refractivity (Wildman–Crippen MR) is 53.5 cm³/mol. The molecule has 0 heterocycles. The SMILES string of the molecule is CCc1cc(C#N)cc(CC(=O)O)c1O. The van der Waals surface area contributed by atoms with Crippen LogP contribution in [0.1, 0.15) is 23.6 Å². The molecule has 0 saturated carbocycles. The van der Waals surface area contributed by atoms with Crippen LogP contribution < -0.4 is 0 Å². The zero-order valence-electron chi connectivity index (χ0n) is 8.32. The second kappa shape index (κ2) is 4.47. The number of phenols is 1. The van der Waals surface area contributed by atoms with Crippen molar-refractivity contribution in [3.8, 4) is 11.8 Å². The molecule has 1 aromatic rings. The van der Waals surface area contributed by atoms with Crippen LogP contribution in [0.3, 0.4) is 0 Å². The number of carboxylic acid groups (broad SMARTS) is 1. The van der Waals surface area contributed by atoms with E-state index in [0.29, 0.717) is 23.1 Å². The molecule has 0 aliphatic heterocycles. The molecule has 1 rings (SSSR count). The molecule has 4 nitrogen and oxygen atoms in total. The van der Waals surface area contributed by atoms with Gasteiger partial charge in [-0.2, -0.15) is 5.26 Å². The van der Waals surface area contributed by atoms with Crippen molar-refractivity contribution >= 4 is 5.97 Å². The summed E-state index contributed by atoms with van der Waals surface area (Å²) in [6.45, 7) is 1.83. The number of aliphatic carboxylic acids is 1. The Bertz CT molecular complexity index is 432. The number of benzene rings is 1. The first-order valence-electron chi connectivity index (χ1n) is 4.55. The lowest BCUT2D eigenvalue weighted by Gasteiger charge is -2.07. The molecule has 0 bridgehead atoms. The molecular formula is C11H11NO3. The van der Waals surface area contributed by atoms with Crippen LogP contribution in [0.4, 0.5) is 0 Å². The Kier molecular flexibility index (Phi) is 3.29. The second-order valence-electron chi connectivity index (χ2n) is 3.18. The zero-order chi connectivity index (χ0) is 11.4. The summed E-state index contributed by atoms with van der Waals surface area (Å²) in [6, 6.07) is 4.91. The van der Waals surface area contributed by atoms with Crippen LogP contribution >= 0.6 is 0 Å². The molecular weight excluding hydrogens is 194 g/mol. The topological polar surface area (TPSA) is 81.3 Å². The monoisotopic (exact) mass is 205 g/mol. The van der Waals surface area contributed by atoms with Gasteiger partial charge in [-0.1, -0.05) is 6.92 Å². The van der Waals surface area contributed by atoms with Crippen LogP contribution in [0.15, 0.2) is 12.1 Å². The van der Waals surface area contributed by atoms with Crippen LogP contribution in [0, 0.1) is 11.3 Å². The van der Waals surface area contributed by atoms with Gasteiger partial charge in [-0.15, -0.1) is 0 Å². The van der Waals surface area contributed by atoms with E-state index in [4.69, 9.17) is 10.4 Å². The van der Waals surface area contributed by atoms with E-state index in [0.717, 1.165) is 0 Å². The number of rotatable bonds is 3. The smallest absolute Gasteiger partial charge is 0.307 e. The summed E-state index contributed by atoms with van der Waals surface area (Å²) in [5.74, 6) is -1.04. The summed E-state index contributed by atoms with van der Waals surface area (Å²) in [4.78, 5) is 10.5. The van der Waals surface area contributed by atoms with Crippen LogP contribution in [0.2, 0.25) is 0 Å². The van der Waals surface area contributed by atoms with Crippen molar-refractivity contribution in [3.63, 3.8) is 0 Å². The first-order chi connectivity index (χ1) is 7.08. The van der Waals surface area contributed by atoms with Gasteiger partial charge < -0.3 is 10.2 Å². The molecule has 78 valence electrons. The molecule has 0 aliphatic rings. The third kappa shape index (κ3) is 2.47. The molecule has 1 aromatic carbocycles. The van der Waals surface area contributed by atoms with Gasteiger partial charge in [-0.3, -0.25) is 4.79 Å². The standard InChI is InChI=1S/C11H11NO3/c1-2-8-3-7(6-12)4-9(11(8)15)5-10(13)14/h3-4,15H,2,5H2,1H3,(H,13,14). The maximum Gasteiger partial charge on any atom is 0.307 e. The fourth-order valence-electron chi connectivity index (χ4n) is 1.39. The third-order valence-corrected chi connectivity index (χ3v) is 2.12. The number of aromatic hydroxyl groups is 1. The Morgan fingerprint density at radius 3 is 2.53 bits per heavy atom. The number of hydrogen-bond donors (Lipinski definition) is 2. The van der Waals surface area contributed by atoms with Gasteiger partial charge in [0.2, 0.25) is 0 Å².